The van der Waals surface area contributed by atoms with Crippen molar-refractivity contribution in [3.05, 3.63) is 41.7 Å². The van der Waals surface area contributed by atoms with Crippen LogP contribution in [-0.2, 0) is 9.53 Å². The van der Waals surface area contributed by atoms with Crippen molar-refractivity contribution < 1.29 is 32.2 Å². The smallest absolute Gasteiger partial charge is 0.422 e. The minimum absolute atomic E-state index is 0.0426. The zero-order chi connectivity index (χ0) is 13.8. The summed E-state index contributed by atoms with van der Waals surface area (Å²) in [4.78, 5) is 10.9. The Kier molecular flexibility index (Phi) is 4.30. The largest absolute Gasteiger partial charge is 0.507 e. The predicted molar refractivity (Wildman–Crippen MR) is 54.0 cm³/mol. The van der Waals surface area contributed by atoms with Crippen LogP contribution < -0.4 is 0 Å². The number of carbonyl (C=O) groups excluding carboxylic acids is 1. The molecule has 0 saturated heterocycles. The summed E-state index contributed by atoms with van der Waals surface area (Å²) >= 11 is 0. The van der Waals surface area contributed by atoms with Gasteiger partial charge in [-0.05, 0) is 12.1 Å². The normalized spacial score (nSPS) is 12.3. The van der Waals surface area contributed by atoms with Crippen molar-refractivity contribution in [3.8, 4) is 0 Å². The fourth-order valence-corrected chi connectivity index (χ4v) is 1.04. The highest BCUT2D eigenvalue weighted by atomic mass is 19.4. The summed E-state index contributed by atoms with van der Waals surface area (Å²) in [6, 6.07) is 4.59. The van der Waals surface area contributed by atoms with Crippen molar-refractivity contribution in [1.29, 1.82) is 0 Å². The van der Waals surface area contributed by atoms with Crippen molar-refractivity contribution in [1.82, 2.24) is 0 Å². The summed E-state index contributed by atoms with van der Waals surface area (Å²) in [7, 11) is 0. The van der Waals surface area contributed by atoms with Gasteiger partial charge in [-0.15, -0.1) is 0 Å². The molecule has 0 heterocycles. The number of ether oxygens (including phenoxy) is 1. The van der Waals surface area contributed by atoms with Crippen molar-refractivity contribution in [2.45, 2.75) is 6.18 Å². The Morgan fingerprint density at radius 2 is 2.06 bits per heavy atom. The van der Waals surface area contributed by atoms with Crippen LogP contribution in [0, 0.1) is 5.82 Å². The molecule has 1 aromatic carbocycles. The second kappa shape index (κ2) is 5.52. The quantitative estimate of drug-likeness (QED) is 0.395. The van der Waals surface area contributed by atoms with E-state index in [4.69, 9.17) is 0 Å². The summed E-state index contributed by atoms with van der Waals surface area (Å²) in [5, 5.41) is 9.36. The second-order valence-corrected chi connectivity index (χ2v) is 3.26. The van der Waals surface area contributed by atoms with E-state index < -0.39 is 30.3 Å². The van der Waals surface area contributed by atoms with E-state index in [0.717, 1.165) is 12.1 Å². The Balaban J connectivity index is 2.69. The van der Waals surface area contributed by atoms with Gasteiger partial charge < -0.3 is 9.84 Å². The summed E-state index contributed by atoms with van der Waals surface area (Å²) in [6.07, 6.45) is -4.20. The molecule has 7 heteroatoms. The van der Waals surface area contributed by atoms with E-state index in [0.29, 0.717) is 6.08 Å². The monoisotopic (exact) mass is 264 g/mol. The molecule has 0 atom stereocenters. The average Bonchev–Trinajstić information content (AvgIpc) is 2.25. The topological polar surface area (TPSA) is 46.5 Å². The van der Waals surface area contributed by atoms with E-state index in [9.17, 15) is 27.5 Å². The van der Waals surface area contributed by atoms with Crippen LogP contribution in [0.15, 0.2) is 30.3 Å². The maximum atomic E-state index is 12.8. The number of halogens is 4. The van der Waals surface area contributed by atoms with Crippen molar-refractivity contribution in [2.24, 2.45) is 0 Å². The van der Waals surface area contributed by atoms with Crippen LogP contribution in [0.4, 0.5) is 17.6 Å². The lowest BCUT2D eigenvalue weighted by atomic mass is 10.2. The molecular weight excluding hydrogens is 256 g/mol. The molecule has 3 nitrogen and oxygen atoms in total. The van der Waals surface area contributed by atoms with Crippen molar-refractivity contribution in [3.63, 3.8) is 0 Å². The number of carbonyl (C=O) groups is 1. The van der Waals surface area contributed by atoms with Gasteiger partial charge in [-0.25, -0.2) is 9.18 Å². The first-order valence-corrected chi connectivity index (χ1v) is 4.68. The van der Waals surface area contributed by atoms with E-state index in [1.54, 1.807) is 0 Å². The average molecular weight is 264 g/mol. The molecule has 1 aromatic rings. The molecule has 18 heavy (non-hydrogen) atoms. The van der Waals surface area contributed by atoms with Crippen LogP contribution in [0.25, 0.3) is 5.76 Å². The van der Waals surface area contributed by atoms with Crippen molar-refractivity contribution >= 4 is 11.7 Å². The third kappa shape index (κ3) is 4.86. The lowest BCUT2D eigenvalue weighted by Gasteiger charge is -2.06. The van der Waals surface area contributed by atoms with E-state index in [1.165, 1.54) is 12.1 Å². The molecule has 0 aliphatic carbocycles. The van der Waals surface area contributed by atoms with E-state index in [1.807, 2.05) is 0 Å². The standard InChI is InChI=1S/C11H8F4O3/c12-8-3-1-2-7(4-8)9(16)5-10(17)18-6-11(13,14)15/h1-5,16H,6H2/b9-5-. The number of hydrogen-bond acceptors (Lipinski definition) is 3. The minimum Gasteiger partial charge on any atom is -0.507 e. The Labute approximate surface area is 99.3 Å². The number of rotatable bonds is 3. The third-order valence-corrected chi connectivity index (χ3v) is 1.75. The number of hydrogen-bond donors (Lipinski definition) is 1. The number of aliphatic hydroxyl groups excluding tert-OH is 1. The number of aliphatic hydroxyl groups is 1. The van der Waals surface area contributed by atoms with Gasteiger partial charge in [0.05, 0.1) is 6.08 Å². The van der Waals surface area contributed by atoms with Gasteiger partial charge in [-0.2, -0.15) is 13.2 Å². The van der Waals surface area contributed by atoms with Crippen LogP contribution in [0.3, 0.4) is 0 Å². The number of benzene rings is 1. The highest BCUT2D eigenvalue weighted by Gasteiger charge is 2.29. The molecule has 0 fully saturated rings. The number of esters is 1. The zero-order valence-corrected chi connectivity index (χ0v) is 8.87. The molecule has 0 amide bonds. The fourth-order valence-electron chi connectivity index (χ4n) is 1.04. The third-order valence-electron chi connectivity index (χ3n) is 1.75. The molecule has 0 unspecified atom stereocenters. The maximum absolute atomic E-state index is 12.8. The Morgan fingerprint density at radius 1 is 1.39 bits per heavy atom. The Hall–Kier alpha value is -2.05. The summed E-state index contributed by atoms with van der Waals surface area (Å²) in [5.41, 5.74) is -0.0426. The van der Waals surface area contributed by atoms with Crippen LogP contribution in [0.5, 0.6) is 0 Å². The Bertz CT molecular complexity index is 466. The molecule has 98 valence electrons. The summed E-state index contributed by atoms with van der Waals surface area (Å²) < 4.78 is 51.8. The van der Waals surface area contributed by atoms with Crippen LogP contribution in [0.1, 0.15) is 5.56 Å². The molecule has 0 aliphatic heterocycles. The van der Waals surface area contributed by atoms with Crippen LogP contribution in [0.2, 0.25) is 0 Å². The van der Waals surface area contributed by atoms with E-state index in [-0.39, 0.29) is 5.56 Å². The highest BCUT2D eigenvalue weighted by Crippen LogP contribution is 2.16. The van der Waals surface area contributed by atoms with Gasteiger partial charge in [0.15, 0.2) is 6.61 Å². The predicted octanol–water partition coefficient (Wildman–Crippen LogP) is 2.83. The molecule has 0 saturated carbocycles. The molecule has 0 bridgehead atoms. The van der Waals surface area contributed by atoms with Gasteiger partial charge in [-0.3, -0.25) is 0 Å². The van der Waals surface area contributed by atoms with Crippen LogP contribution in [-0.4, -0.2) is 23.9 Å². The first kappa shape index (κ1) is 14.0. The van der Waals surface area contributed by atoms with Gasteiger partial charge >= 0.3 is 12.1 Å². The Morgan fingerprint density at radius 3 is 2.61 bits per heavy atom. The van der Waals surface area contributed by atoms with E-state index in [2.05, 4.69) is 4.74 Å². The van der Waals surface area contributed by atoms with Crippen LogP contribution >= 0.6 is 0 Å². The molecule has 0 radical (unpaired) electrons. The van der Waals surface area contributed by atoms with Gasteiger partial charge in [0.1, 0.15) is 11.6 Å². The summed E-state index contributed by atoms with van der Waals surface area (Å²) in [5.74, 6) is -2.70. The lowest BCUT2D eigenvalue weighted by molar-refractivity contribution is -0.182. The van der Waals surface area contributed by atoms with Gasteiger partial charge in [-0.1, -0.05) is 12.1 Å². The van der Waals surface area contributed by atoms with Gasteiger partial charge in [0.25, 0.3) is 0 Å². The molecule has 1 rings (SSSR count). The SMILES string of the molecule is O=C(/C=C(\O)c1cccc(F)c1)OCC(F)(F)F. The van der Waals surface area contributed by atoms with Gasteiger partial charge in [0.2, 0.25) is 0 Å². The van der Waals surface area contributed by atoms with E-state index >= 15 is 0 Å². The van der Waals surface area contributed by atoms with Gasteiger partial charge in [0, 0.05) is 5.56 Å². The first-order valence-electron chi connectivity index (χ1n) is 4.68. The lowest BCUT2D eigenvalue weighted by Crippen LogP contribution is -2.19. The minimum atomic E-state index is -4.64. The first-order chi connectivity index (χ1) is 8.28. The van der Waals surface area contributed by atoms with Crippen molar-refractivity contribution in [2.75, 3.05) is 6.61 Å². The summed E-state index contributed by atoms with van der Waals surface area (Å²) in [6.45, 7) is -1.75. The fraction of sp³-hybridized carbons (Fsp3) is 0.182. The highest BCUT2D eigenvalue weighted by molar-refractivity contribution is 5.89. The molecule has 1 N–H and O–H groups in total. The second-order valence-electron chi connectivity index (χ2n) is 3.26. The zero-order valence-electron chi connectivity index (χ0n) is 8.87. The molecular formula is C11H8F4O3. The number of alkyl halides is 3. The molecule has 0 spiro atoms. The maximum Gasteiger partial charge on any atom is 0.422 e. The molecule has 0 aromatic heterocycles. The molecule has 0 aliphatic rings.